The van der Waals surface area contributed by atoms with Crippen molar-refractivity contribution in [1.29, 1.82) is 5.26 Å². The number of benzene rings is 1. The molecule has 0 aliphatic carbocycles. The largest absolute Gasteiger partial charge is 0.388 e. The average molecular weight is 383 g/mol. The maximum Gasteiger partial charge on any atom is 0.269 e. The van der Waals surface area contributed by atoms with Crippen LogP contribution in [0.2, 0.25) is 0 Å². The van der Waals surface area contributed by atoms with Crippen LogP contribution in [0.4, 0.5) is 5.69 Å². The summed E-state index contributed by atoms with van der Waals surface area (Å²) in [5, 5.41) is 15.2. The molecule has 0 atom stereocenters. The molecule has 1 spiro atoms. The van der Waals surface area contributed by atoms with Crippen LogP contribution in [-0.4, -0.2) is 61.8 Å². The number of anilines is 1. The number of oxime groups is 1. The van der Waals surface area contributed by atoms with Gasteiger partial charge in [-0.05, 0) is 18.2 Å². The van der Waals surface area contributed by atoms with Crippen molar-refractivity contribution in [1.82, 2.24) is 10.2 Å². The highest BCUT2D eigenvalue weighted by Crippen LogP contribution is 2.35. The number of rotatable bonds is 5. The van der Waals surface area contributed by atoms with Crippen molar-refractivity contribution in [2.45, 2.75) is 31.3 Å². The number of carbonyl (C=O) groups is 2. The molecule has 0 unspecified atom stereocenters. The fraction of sp³-hybridized carbons (Fsp3) is 0.500. The van der Waals surface area contributed by atoms with E-state index in [0.29, 0.717) is 50.2 Å². The molecule has 8 nitrogen and oxygen atoms in total. The van der Waals surface area contributed by atoms with Crippen LogP contribution in [0, 0.1) is 11.3 Å². The van der Waals surface area contributed by atoms with E-state index in [0.717, 1.165) is 5.69 Å². The van der Waals surface area contributed by atoms with Crippen LogP contribution in [-0.2, 0) is 9.63 Å². The SMILES string of the molecule is CN(C)c1cccc(C(=O)N2CCC3(CC2)CC(C(=O)NCCC#N)=NO3)c1. The second-order valence-corrected chi connectivity index (χ2v) is 7.39. The van der Waals surface area contributed by atoms with Crippen molar-refractivity contribution >= 4 is 23.2 Å². The van der Waals surface area contributed by atoms with Gasteiger partial charge in [0, 0.05) is 64.2 Å². The van der Waals surface area contributed by atoms with Crippen LogP contribution in [0.25, 0.3) is 0 Å². The van der Waals surface area contributed by atoms with E-state index in [1.54, 1.807) is 0 Å². The molecule has 0 radical (unpaired) electrons. The van der Waals surface area contributed by atoms with Crippen molar-refractivity contribution in [2.75, 3.05) is 38.6 Å². The van der Waals surface area contributed by atoms with E-state index in [1.165, 1.54) is 0 Å². The Bertz CT molecular complexity index is 819. The van der Waals surface area contributed by atoms with Gasteiger partial charge in [0.05, 0.1) is 12.5 Å². The summed E-state index contributed by atoms with van der Waals surface area (Å²) in [6.07, 6.45) is 1.95. The normalized spacial score (nSPS) is 17.5. The molecule has 0 saturated carbocycles. The van der Waals surface area contributed by atoms with Crippen LogP contribution in [0.15, 0.2) is 29.4 Å². The highest BCUT2D eigenvalue weighted by atomic mass is 16.7. The summed E-state index contributed by atoms with van der Waals surface area (Å²) in [5.41, 5.74) is 1.50. The highest BCUT2D eigenvalue weighted by molar-refractivity contribution is 6.39. The Morgan fingerprint density at radius 1 is 1.36 bits per heavy atom. The van der Waals surface area contributed by atoms with Crippen molar-refractivity contribution < 1.29 is 14.4 Å². The van der Waals surface area contributed by atoms with Crippen molar-refractivity contribution in [2.24, 2.45) is 5.16 Å². The van der Waals surface area contributed by atoms with Crippen LogP contribution in [0.1, 0.15) is 36.0 Å². The fourth-order valence-corrected chi connectivity index (χ4v) is 3.46. The van der Waals surface area contributed by atoms with Gasteiger partial charge in [0.1, 0.15) is 11.3 Å². The molecule has 148 valence electrons. The maximum absolute atomic E-state index is 12.8. The first-order valence-electron chi connectivity index (χ1n) is 9.41. The zero-order valence-corrected chi connectivity index (χ0v) is 16.3. The summed E-state index contributed by atoms with van der Waals surface area (Å²) in [6, 6.07) is 9.56. The lowest BCUT2D eigenvalue weighted by atomic mass is 9.86. The summed E-state index contributed by atoms with van der Waals surface area (Å²) >= 11 is 0. The molecule has 0 bridgehead atoms. The molecule has 1 aromatic rings. The Morgan fingerprint density at radius 2 is 2.11 bits per heavy atom. The van der Waals surface area contributed by atoms with Crippen LogP contribution in [0.3, 0.4) is 0 Å². The molecule has 1 aromatic carbocycles. The van der Waals surface area contributed by atoms with E-state index in [9.17, 15) is 9.59 Å². The number of nitrogens with one attached hydrogen (secondary N) is 1. The molecule has 1 fully saturated rings. The van der Waals surface area contributed by atoms with Crippen LogP contribution in [0.5, 0.6) is 0 Å². The Hall–Kier alpha value is -3.08. The molecule has 1 saturated heterocycles. The standard InChI is InChI=1S/C20H25N5O3/c1-24(2)16-6-3-5-15(13-16)19(27)25-11-7-20(8-12-25)14-17(23-28-20)18(26)22-10-4-9-21/h3,5-6,13H,4,7-8,10-12,14H2,1-2H3,(H,22,26). The molecule has 3 rings (SSSR count). The van der Waals surface area contributed by atoms with Gasteiger partial charge >= 0.3 is 0 Å². The smallest absolute Gasteiger partial charge is 0.269 e. The van der Waals surface area contributed by atoms with E-state index >= 15 is 0 Å². The molecular formula is C20H25N5O3. The fourth-order valence-electron chi connectivity index (χ4n) is 3.46. The van der Waals surface area contributed by atoms with Gasteiger partial charge in [-0.15, -0.1) is 0 Å². The number of nitriles is 1. The first kappa shape index (κ1) is 19.7. The summed E-state index contributed by atoms with van der Waals surface area (Å²) in [6.45, 7) is 1.42. The molecule has 1 N–H and O–H groups in total. The first-order chi connectivity index (χ1) is 13.4. The zero-order chi connectivity index (χ0) is 20.1. The van der Waals surface area contributed by atoms with E-state index < -0.39 is 5.60 Å². The lowest BCUT2D eigenvalue weighted by molar-refractivity contribution is -0.114. The summed E-state index contributed by atoms with van der Waals surface area (Å²) in [4.78, 5) is 34.4. The molecule has 2 aliphatic heterocycles. The van der Waals surface area contributed by atoms with E-state index in [4.69, 9.17) is 10.1 Å². The van der Waals surface area contributed by atoms with Crippen molar-refractivity contribution in [3.05, 3.63) is 29.8 Å². The van der Waals surface area contributed by atoms with Gasteiger partial charge in [-0.3, -0.25) is 9.59 Å². The molecule has 2 aliphatic rings. The third-order valence-corrected chi connectivity index (χ3v) is 5.19. The second-order valence-electron chi connectivity index (χ2n) is 7.39. The van der Waals surface area contributed by atoms with Gasteiger partial charge < -0.3 is 20.0 Å². The molecule has 2 amide bonds. The maximum atomic E-state index is 12.8. The third-order valence-electron chi connectivity index (χ3n) is 5.19. The Kier molecular flexibility index (Phi) is 5.83. The Balaban J connectivity index is 1.55. The topological polar surface area (TPSA) is 98.0 Å². The second kappa shape index (κ2) is 8.30. The molecule has 8 heteroatoms. The van der Waals surface area contributed by atoms with Gasteiger partial charge in [-0.1, -0.05) is 11.2 Å². The number of likely N-dealkylation sites (tertiary alicyclic amines) is 1. The number of piperidine rings is 1. The lowest BCUT2D eigenvalue weighted by Gasteiger charge is -2.37. The molecular weight excluding hydrogens is 358 g/mol. The monoisotopic (exact) mass is 383 g/mol. The van der Waals surface area contributed by atoms with Gasteiger partial charge in [0.25, 0.3) is 11.8 Å². The van der Waals surface area contributed by atoms with Gasteiger partial charge in [-0.25, -0.2) is 0 Å². The van der Waals surface area contributed by atoms with Gasteiger partial charge in [-0.2, -0.15) is 5.26 Å². The minimum absolute atomic E-state index is 0.00642. The predicted octanol–water partition coefficient (Wildman–Crippen LogP) is 1.53. The minimum Gasteiger partial charge on any atom is -0.388 e. The predicted molar refractivity (Wildman–Crippen MR) is 105 cm³/mol. The number of hydrogen-bond acceptors (Lipinski definition) is 6. The number of hydrogen-bond donors (Lipinski definition) is 1. The Morgan fingerprint density at radius 3 is 2.79 bits per heavy atom. The number of amides is 2. The molecule has 28 heavy (non-hydrogen) atoms. The van der Waals surface area contributed by atoms with E-state index in [2.05, 4.69) is 10.5 Å². The third kappa shape index (κ3) is 4.25. The summed E-state index contributed by atoms with van der Waals surface area (Å²) in [7, 11) is 3.89. The van der Waals surface area contributed by atoms with Crippen molar-refractivity contribution in [3.8, 4) is 6.07 Å². The van der Waals surface area contributed by atoms with Crippen LogP contribution >= 0.6 is 0 Å². The summed E-state index contributed by atoms with van der Waals surface area (Å²) in [5.74, 6) is -0.280. The number of nitrogens with zero attached hydrogens (tertiary/aromatic N) is 4. The Labute approximate surface area is 164 Å². The van der Waals surface area contributed by atoms with E-state index in [1.807, 2.05) is 54.2 Å². The molecule has 2 heterocycles. The lowest BCUT2D eigenvalue weighted by Crippen LogP contribution is -2.47. The van der Waals surface area contributed by atoms with Gasteiger partial charge in [0.15, 0.2) is 0 Å². The molecule has 0 aromatic heterocycles. The highest BCUT2D eigenvalue weighted by Gasteiger charge is 2.44. The van der Waals surface area contributed by atoms with Crippen molar-refractivity contribution in [3.63, 3.8) is 0 Å². The first-order valence-corrected chi connectivity index (χ1v) is 9.41. The van der Waals surface area contributed by atoms with Gasteiger partial charge in [0.2, 0.25) is 0 Å². The minimum atomic E-state index is -0.510. The van der Waals surface area contributed by atoms with E-state index in [-0.39, 0.29) is 18.2 Å². The summed E-state index contributed by atoms with van der Waals surface area (Å²) < 4.78 is 0. The average Bonchev–Trinajstić information content (AvgIpc) is 3.12. The zero-order valence-electron chi connectivity index (χ0n) is 16.3. The van der Waals surface area contributed by atoms with Crippen LogP contribution < -0.4 is 10.2 Å². The number of carbonyl (C=O) groups excluding carboxylic acids is 2. The quantitative estimate of drug-likeness (QED) is 0.778.